The fourth-order valence-corrected chi connectivity index (χ4v) is 3.25. The Morgan fingerprint density at radius 2 is 1.81 bits per heavy atom. The fourth-order valence-electron chi connectivity index (χ4n) is 3.06. The minimum Gasteiger partial charge on any atom is -0.339 e. The molecule has 136 valence electrons. The van der Waals surface area contributed by atoms with Crippen LogP contribution in [0.15, 0.2) is 48.5 Å². The molecule has 2 N–H and O–H groups in total. The summed E-state index contributed by atoms with van der Waals surface area (Å²) >= 11 is 5.99. The van der Waals surface area contributed by atoms with Crippen molar-refractivity contribution < 1.29 is 9.59 Å². The zero-order chi connectivity index (χ0) is 18.5. The number of rotatable bonds is 4. The first-order chi connectivity index (χ1) is 12.5. The molecule has 1 aliphatic heterocycles. The van der Waals surface area contributed by atoms with Crippen LogP contribution in [0.25, 0.3) is 0 Å². The normalized spacial score (nSPS) is 14.8. The number of carbonyl (C=O) groups excluding carboxylic acids is 2. The second-order valence-corrected chi connectivity index (χ2v) is 6.89. The van der Waals surface area contributed by atoms with E-state index in [2.05, 4.69) is 10.6 Å². The topological polar surface area (TPSA) is 61.4 Å². The van der Waals surface area contributed by atoms with Crippen molar-refractivity contribution in [2.24, 2.45) is 0 Å². The summed E-state index contributed by atoms with van der Waals surface area (Å²) in [6, 6.07) is 13.9. The van der Waals surface area contributed by atoms with Gasteiger partial charge in [0.15, 0.2) is 0 Å². The highest BCUT2D eigenvalue weighted by Gasteiger charge is 2.19. The van der Waals surface area contributed by atoms with E-state index in [4.69, 9.17) is 11.6 Å². The summed E-state index contributed by atoms with van der Waals surface area (Å²) in [5, 5.41) is 6.29. The van der Waals surface area contributed by atoms with Gasteiger partial charge in [0.25, 0.3) is 5.91 Å². The number of urea groups is 1. The molecule has 1 saturated heterocycles. The molecule has 0 spiro atoms. The molecule has 6 heteroatoms. The van der Waals surface area contributed by atoms with Gasteiger partial charge in [-0.25, -0.2) is 4.79 Å². The first-order valence-corrected chi connectivity index (χ1v) is 9.13. The first kappa shape index (κ1) is 18.3. The number of nitrogens with one attached hydrogen (secondary N) is 2. The summed E-state index contributed by atoms with van der Waals surface area (Å²) in [4.78, 5) is 26.6. The maximum Gasteiger partial charge on any atom is 0.319 e. The lowest BCUT2D eigenvalue weighted by molar-refractivity contribution is 0.0793. The molecule has 0 unspecified atom stereocenters. The van der Waals surface area contributed by atoms with Crippen molar-refractivity contribution in [1.82, 2.24) is 10.2 Å². The molecular weight excluding hydrogens is 350 g/mol. The summed E-state index contributed by atoms with van der Waals surface area (Å²) in [6.45, 7) is 3.49. The lowest BCUT2D eigenvalue weighted by atomic mass is 10.1. The van der Waals surface area contributed by atoms with Gasteiger partial charge in [-0.2, -0.15) is 0 Å². The van der Waals surface area contributed by atoms with Crippen LogP contribution in [0.1, 0.15) is 41.7 Å². The zero-order valence-electron chi connectivity index (χ0n) is 14.7. The summed E-state index contributed by atoms with van der Waals surface area (Å²) in [5.41, 5.74) is 2.10. The molecule has 1 atom stereocenters. The number of benzene rings is 2. The van der Waals surface area contributed by atoms with Crippen LogP contribution in [-0.2, 0) is 0 Å². The predicted octanol–water partition coefficient (Wildman–Crippen LogP) is 4.46. The van der Waals surface area contributed by atoms with Gasteiger partial charge in [0.2, 0.25) is 0 Å². The van der Waals surface area contributed by atoms with E-state index in [9.17, 15) is 9.59 Å². The highest BCUT2D eigenvalue weighted by Crippen LogP contribution is 2.19. The van der Waals surface area contributed by atoms with Gasteiger partial charge >= 0.3 is 6.03 Å². The number of hydrogen-bond acceptors (Lipinski definition) is 2. The van der Waals surface area contributed by atoms with Crippen LogP contribution in [0.2, 0.25) is 5.02 Å². The molecule has 0 bridgehead atoms. The standard InChI is InChI=1S/C20H22ClN3O2/c1-14(15-6-4-8-17(21)12-15)22-20(26)23-18-9-5-7-16(13-18)19(25)24-10-2-3-11-24/h4-9,12-14H,2-3,10-11H2,1H3,(H2,22,23,26)/t14-/m1/s1. The number of likely N-dealkylation sites (tertiary alicyclic amines) is 1. The minimum absolute atomic E-state index is 0.0128. The maximum atomic E-state index is 12.5. The van der Waals surface area contributed by atoms with Gasteiger partial charge in [0, 0.05) is 29.4 Å². The third-order valence-electron chi connectivity index (χ3n) is 4.46. The highest BCUT2D eigenvalue weighted by atomic mass is 35.5. The van der Waals surface area contributed by atoms with Gasteiger partial charge in [-0.3, -0.25) is 4.79 Å². The summed E-state index contributed by atoms with van der Waals surface area (Å²) in [7, 11) is 0. The molecule has 1 aliphatic rings. The van der Waals surface area contributed by atoms with Gasteiger partial charge in [-0.15, -0.1) is 0 Å². The molecule has 0 aromatic heterocycles. The molecule has 2 aromatic carbocycles. The maximum absolute atomic E-state index is 12.5. The van der Waals surface area contributed by atoms with E-state index < -0.39 is 0 Å². The first-order valence-electron chi connectivity index (χ1n) is 8.75. The molecule has 3 amide bonds. The summed E-state index contributed by atoms with van der Waals surface area (Å²) in [6.07, 6.45) is 2.10. The van der Waals surface area contributed by atoms with Crippen molar-refractivity contribution in [1.29, 1.82) is 0 Å². The van der Waals surface area contributed by atoms with E-state index in [0.29, 0.717) is 16.3 Å². The van der Waals surface area contributed by atoms with E-state index in [-0.39, 0.29) is 18.0 Å². The third kappa shape index (κ3) is 4.55. The average molecular weight is 372 g/mol. The average Bonchev–Trinajstić information content (AvgIpc) is 3.16. The van der Waals surface area contributed by atoms with Gasteiger partial charge in [-0.05, 0) is 55.7 Å². The van der Waals surface area contributed by atoms with Crippen molar-refractivity contribution in [2.75, 3.05) is 18.4 Å². The van der Waals surface area contributed by atoms with Crippen molar-refractivity contribution in [3.05, 3.63) is 64.7 Å². The van der Waals surface area contributed by atoms with Gasteiger partial charge in [0.05, 0.1) is 6.04 Å². The number of anilines is 1. The third-order valence-corrected chi connectivity index (χ3v) is 4.69. The molecule has 1 heterocycles. The molecule has 3 rings (SSSR count). The van der Waals surface area contributed by atoms with Crippen LogP contribution in [0.5, 0.6) is 0 Å². The Morgan fingerprint density at radius 1 is 1.08 bits per heavy atom. The van der Waals surface area contributed by atoms with Crippen LogP contribution in [0.3, 0.4) is 0 Å². The number of carbonyl (C=O) groups is 2. The van der Waals surface area contributed by atoms with Crippen molar-refractivity contribution in [3.8, 4) is 0 Å². The van der Waals surface area contributed by atoms with E-state index in [1.165, 1.54) is 0 Å². The zero-order valence-corrected chi connectivity index (χ0v) is 15.4. The second-order valence-electron chi connectivity index (χ2n) is 6.46. The summed E-state index contributed by atoms with van der Waals surface area (Å²) < 4.78 is 0. The minimum atomic E-state index is -0.330. The molecule has 26 heavy (non-hydrogen) atoms. The Balaban J connectivity index is 1.62. The molecule has 5 nitrogen and oxygen atoms in total. The van der Waals surface area contributed by atoms with Crippen LogP contribution in [0.4, 0.5) is 10.5 Å². The Morgan fingerprint density at radius 3 is 2.54 bits per heavy atom. The van der Waals surface area contributed by atoms with E-state index in [1.807, 2.05) is 30.0 Å². The van der Waals surface area contributed by atoms with Gasteiger partial charge < -0.3 is 15.5 Å². The smallest absolute Gasteiger partial charge is 0.319 e. The van der Waals surface area contributed by atoms with Crippen LogP contribution in [-0.4, -0.2) is 29.9 Å². The molecule has 0 radical (unpaired) electrons. The molecule has 0 aliphatic carbocycles. The number of amides is 3. The van der Waals surface area contributed by atoms with Crippen molar-refractivity contribution in [2.45, 2.75) is 25.8 Å². The van der Waals surface area contributed by atoms with Crippen LogP contribution in [0, 0.1) is 0 Å². The molecule has 1 fully saturated rings. The highest BCUT2D eigenvalue weighted by molar-refractivity contribution is 6.30. The Bertz CT molecular complexity index is 803. The van der Waals surface area contributed by atoms with E-state index in [0.717, 1.165) is 31.5 Å². The number of hydrogen-bond donors (Lipinski definition) is 2. The Kier molecular flexibility index (Phi) is 5.78. The molecule has 0 saturated carbocycles. The molecule has 2 aromatic rings. The lowest BCUT2D eigenvalue weighted by Crippen LogP contribution is -2.31. The van der Waals surface area contributed by atoms with Gasteiger partial charge in [0.1, 0.15) is 0 Å². The number of nitrogens with zero attached hydrogens (tertiary/aromatic N) is 1. The van der Waals surface area contributed by atoms with Crippen LogP contribution >= 0.6 is 11.6 Å². The quantitative estimate of drug-likeness (QED) is 0.833. The van der Waals surface area contributed by atoms with Crippen molar-refractivity contribution >= 4 is 29.2 Å². The van der Waals surface area contributed by atoms with Crippen molar-refractivity contribution in [3.63, 3.8) is 0 Å². The summed E-state index contributed by atoms with van der Waals surface area (Å²) in [5.74, 6) is 0.0128. The monoisotopic (exact) mass is 371 g/mol. The predicted molar refractivity (Wildman–Crippen MR) is 104 cm³/mol. The van der Waals surface area contributed by atoms with Gasteiger partial charge in [-0.1, -0.05) is 29.8 Å². The SMILES string of the molecule is C[C@@H](NC(=O)Nc1cccc(C(=O)N2CCCC2)c1)c1cccc(Cl)c1. The Labute approximate surface area is 158 Å². The fraction of sp³-hybridized carbons (Fsp3) is 0.300. The second kappa shape index (κ2) is 8.23. The number of halogens is 1. The molecular formula is C20H22ClN3O2. The van der Waals surface area contributed by atoms with Crippen LogP contribution < -0.4 is 10.6 Å². The Hall–Kier alpha value is -2.53. The lowest BCUT2D eigenvalue weighted by Gasteiger charge is -2.17. The van der Waals surface area contributed by atoms with E-state index in [1.54, 1.807) is 30.3 Å². The van der Waals surface area contributed by atoms with E-state index >= 15 is 0 Å². The largest absolute Gasteiger partial charge is 0.339 e.